The predicted octanol–water partition coefficient (Wildman–Crippen LogP) is 1.70. The van der Waals surface area contributed by atoms with Gasteiger partial charge < -0.3 is 14.7 Å². The zero-order chi connectivity index (χ0) is 14.5. The van der Waals surface area contributed by atoms with Gasteiger partial charge in [0.25, 0.3) is 5.91 Å². The van der Waals surface area contributed by atoms with Crippen LogP contribution >= 0.6 is 0 Å². The van der Waals surface area contributed by atoms with Crippen molar-refractivity contribution >= 4 is 11.9 Å². The van der Waals surface area contributed by atoms with Crippen molar-refractivity contribution in [2.75, 3.05) is 19.7 Å². The minimum Gasteiger partial charge on any atom is -0.484 e. The van der Waals surface area contributed by atoms with E-state index in [1.807, 2.05) is 31.2 Å². The van der Waals surface area contributed by atoms with E-state index in [9.17, 15) is 9.59 Å². The SMILES string of the molecule is Cc1ccc(OCC(=O)N2CCC[C@@H](C(=O)O)C2)cc1. The van der Waals surface area contributed by atoms with E-state index in [0.29, 0.717) is 18.7 Å². The van der Waals surface area contributed by atoms with Gasteiger partial charge in [-0.15, -0.1) is 0 Å². The Kier molecular flexibility index (Phi) is 4.61. The molecular formula is C15H19NO4. The molecule has 0 bridgehead atoms. The molecule has 0 aliphatic carbocycles. The Morgan fingerprint density at radius 2 is 2.05 bits per heavy atom. The largest absolute Gasteiger partial charge is 0.484 e. The van der Waals surface area contributed by atoms with Crippen molar-refractivity contribution in [3.05, 3.63) is 29.8 Å². The fourth-order valence-corrected chi connectivity index (χ4v) is 2.28. The summed E-state index contributed by atoms with van der Waals surface area (Å²) in [5, 5.41) is 9.00. The summed E-state index contributed by atoms with van der Waals surface area (Å²) in [5.74, 6) is -0.790. The zero-order valence-electron chi connectivity index (χ0n) is 11.5. The van der Waals surface area contributed by atoms with Gasteiger partial charge in [0.15, 0.2) is 6.61 Å². The van der Waals surface area contributed by atoms with E-state index in [4.69, 9.17) is 9.84 Å². The number of ether oxygens (including phenoxy) is 1. The van der Waals surface area contributed by atoms with Gasteiger partial charge in [-0.3, -0.25) is 9.59 Å². The van der Waals surface area contributed by atoms with Gasteiger partial charge >= 0.3 is 5.97 Å². The highest BCUT2D eigenvalue weighted by Gasteiger charge is 2.28. The molecule has 1 N–H and O–H groups in total. The quantitative estimate of drug-likeness (QED) is 0.909. The van der Waals surface area contributed by atoms with E-state index in [0.717, 1.165) is 12.0 Å². The number of carboxylic acids is 1. The number of likely N-dealkylation sites (tertiary alicyclic amines) is 1. The molecule has 1 atom stereocenters. The number of hydrogen-bond acceptors (Lipinski definition) is 3. The Hall–Kier alpha value is -2.04. The van der Waals surface area contributed by atoms with E-state index >= 15 is 0 Å². The van der Waals surface area contributed by atoms with Crippen LogP contribution in [0.1, 0.15) is 18.4 Å². The number of aryl methyl sites for hydroxylation is 1. The van der Waals surface area contributed by atoms with E-state index in [1.165, 1.54) is 0 Å². The summed E-state index contributed by atoms with van der Waals surface area (Å²) in [6.45, 7) is 2.83. The average Bonchev–Trinajstić information content (AvgIpc) is 2.46. The Morgan fingerprint density at radius 1 is 1.35 bits per heavy atom. The highest BCUT2D eigenvalue weighted by molar-refractivity contribution is 5.79. The van der Waals surface area contributed by atoms with Gasteiger partial charge in [0.1, 0.15) is 5.75 Å². The number of amides is 1. The van der Waals surface area contributed by atoms with Crippen molar-refractivity contribution in [1.29, 1.82) is 0 Å². The molecule has 20 heavy (non-hydrogen) atoms. The molecule has 0 aromatic heterocycles. The Morgan fingerprint density at radius 3 is 2.70 bits per heavy atom. The Balaban J connectivity index is 1.85. The number of benzene rings is 1. The Bertz CT molecular complexity index is 483. The third-order valence-corrected chi connectivity index (χ3v) is 3.51. The van der Waals surface area contributed by atoms with Gasteiger partial charge in [-0.25, -0.2) is 0 Å². The average molecular weight is 277 g/mol. The number of piperidine rings is 1. The lowest BCUT2D eigenvalue weighted by Gasteiger charge is -2.30. The van der Waals surface area contributed by atoms with Gasteiger partial charge in [-0.05, 0) is 31.9 Å². The molecular weight excluding hydrogens is 258 g/mol. The summed E-state index contributed by atoms with van der Waals surface area (Å²) < 4.78 is 5.43. The molecule has 108 valence electrons. The second kappa shape index (κ2) is 6.41. The topological polar surface area (TPSA) is 66.8 Å². The monoisotopic (exact) mass is 277 g/mol. The fourth-order valence-electron chi connectivity index (χ4n) is 2.28. The minimum absolute atomic E-state index is 0.0462. The number of carbonyl (C=O) groups excluding carboxylic acids is 1. The molecule has 1 saturated heterocycles. The molecule has 1 amide bonds. The minimum atomic E-state index is -0.832. The number of aliphatic carboxylic acids is 1. The normalized spacial score (nSPS) is 18.6. The van der Waals surface area contributed by atoms with Crippen molar-refractivity contribution < 1.29 is 19.4 Å². The molecule has 1 aliphatic rings. The summed E-state index contributed by atoms with van der Waals surface area (Å²) in [6.07, 6.45) is 1.37. The highest BCUT2D eigenvalue weighted by atomic mass is 16.5. The fraction of sp³-hybridized carbons (Fsp3) is 0.467. The molecule has 1 heterocycles. The number of nitrogens with zero attached hydrogens (tertiary/aromatic N) is 1. The van der Waals surface area contributed by atoms with Gasteiger partial charge in [0.2, 0.25) is 0 Å². The maximum absolute atomic E-state index is 12.0. The van der Waals surface area contributed by atoms with Gasteiger partial charge in [0, 0.05) is 13.1 Å². The van der Waals surface area contributed by atoms with Crippen molar-refractivity contribution in [2.45, 2.75) is 19.8 Å². The summed E-state index contributed by atoms with van der Waals surface area (Å²) in [6, 6.07) is 7.47. The van der Waals surface area contributed by atoms with Gasteiger partial charge in [-0.2, -0.15) is 0 Å². The molecule has 2 rings (SSSR count). The first-order valence-electron chi connectivity index (χ1n) is 6.76. The maximum Gasteiger partial charge on any atom is 0.308 e. The zero-order valence-corrected chi connectivity index (χ0v) is 11.5. The first-order chi connectivity index (χ1) is 9.56. The standard InChI is InChI=1S/C15H19NO4/c1-11-4-6-13(7-5-11)20-10-14(17)16-8-2-3-12(9-16)15(18)19/h4-7,12H,2-3,8-10H2,1H3,(H,18,19)/t12-/m1/s1. The molecule has 5 heteroatoms. The lowest BCUT2D eigenvalue weighted by atomic mass is 9.98. The summed E-state index contributed by atoms with van der Waals surface area (Å²) in [7, 11) is 0. The van der Waals surface area contributed by atoms with E-state index in [-0.39, 0.29) is 19.1 Å². The van der Waals surface area contributed by atoms with Crippen LogP contribution < -0.4 is 4.74 Å². The number of carboxylic acid groups (broad SMARTS) is 1. The van der Waals surface area contributed by atoms with Crippen LogP contribution in [0, 0.1) is 12.8 Å². The van der Waals surface area contributed by atoms with Crippen LogP contribution in [0.3, 0.4) is 0 Å². The third-order valence-electron chi connectivity index (χ3n) is 3.51. The maximum atomic E-state index is 12.0. The molecule has 5 nitrogen and oxygen atoms in total. The van der Waals surface area contributed by atoms with Crippen LogP contribution in [0.25, 0.3) is 0 Å². The van der Waals surface area contributed by atoms with E-state index in [1.54, 1.807) is 4.90 Å². The molecule has 0 unspecified atom stereocenters. The van der Waals surface area contributed by atoms with Crippen molar-refractivity contribution in [3.8, 4) is 5.75 Å². The second-order valence-corrected chi connectivity index (χ2v) is 5.12. The molecule has 1 aromatic rings. The second-order valence-electron chi connectivity index (χ2n) is 5.12. The van der Waals surface area contributed by atoms with Crippen molar-refractivity contribution in [3.63, 3.8) is 0 Å². The van der Waals surface area contributed by atoms with Crippen LogP contribution in [-0.2, 0) is 9.59 Å². The van der Waals surface area contributed by atoms with Crippen molar-refractivity contribution in [2.24, 2.45) is 5.92 Å². The van der Waals surface area contributed by atoms with Crippen LogP contribution in [-0.4, -0.2) is 41.6 Å². The van der Waals surface area contributed by atoms with Crippen molar-refractivity contribution in [1.82, 2.24) is 4.90 Å². The van der Waals surface area contributed by atoms with Crippen LogP contribution in [0.15, 0.2) is 24.3 Å². The lowest BCUT2D eigenvalue weighted by molar-refractivity contribution is -0.146. The van der Waals surface area contributed by atoms with E-state index in [2.05, 4.69) is 0 Å². The smallest absolute Gasteiger partial charge is 0.308 e. The van der Waals surface area contributed by atoms with Crippen LogP contribution in [0.2, 0.25) is 0 Å². The molecule has 0 radical (unpaired) electrons. The van der Waals surface area contributed by atoms with E-state index < -0.39 is 11.9 Å². The predicted molar refractivity (Wildman–Crippen MR) is 73.6 cm³/mol. The Labute approximate surface area is 118 Å². The molecule has 0 spiro atoms. The third kappa shape index (κ3) is 3.73. The first-order valence-corrected chi connectivity index (χ1v) is 6.76. The summed E-state index contributed by atoms with van der Waals surface area (Å²) in [4.78, 5) is 24.6. The number of carbonyl (C=O) groups is 2. The summed E-state index contributed by atoms with van der Waals surface area (Å²) >= 11 is 0. The number of hydrogen-bond donors (Lipinski definition) is 1. The van der Waals surface area contributed by atoms with Crippen LogP contribution in [0.5, 0.6) is 5.75 Å². The van der Waals surface area contributed by atoms with Crippen LogP contribution in [0.4, 0.5) is 0 Å². The lowest BCUT2D eigenvalue weighted by Crippen LogP contribution is -2.44. The summed E-state index contributed by atoms with van der Waals surface area (Å²) in [5.41, 5.74) is 1.13. The van der Waals surface area contributed by atoms with Gasteiger partial charge in [0.05, 0.1) is 5.92 Å². The molecule has 1 aromatic carbocycles. The van der Waals surface area contributed by atoms with Gasteiger partial charge in [-0.1, -0.05) is 17.7 Å². The molecule has 1 aliphatic heterocycles. The molecule has 1 fully saturated rings. The highest BCUT2D eigenvalue weighted by Crippen LogP contribution is 2.17. The first kappa shape index (κ1) is 14.4. The molecule has 0 saturated carbocycles. The number of rotatable bonds is 4.